The largest absolute Gasteiger partial charge is 0.376 e. The third kappa shape index (κ3) is 2.69. The molecule has 0 radical (unpaired) electrons. The van der Waals surface area contributed by atoms with Gasteiger partial charge in [-0.1, -0.05) is 30.3 Å². The van der Waals surface area contributed by atoms with E-state index in [1.165, 1.54) is 0 Å². The maximum Gasteiger partial charge on any atom is 0.223 e. The Labute approximate surface area is 110 Å². The number of nitrogens with two attached hydrogens (primary N) is 1. The van der Waals surface area contributed by atoms with E-state index >= 15 is 0 Å². The minimum absolute atomic E-state index is 0.193. The summed E-state index contributed by atoms with van der Waals surface area (Å²) in [5.41, 5.74) is 6.64. The van der Waals surface area contributed by atoms with Crippen LogP contribution in [0.4, 0.5) is 5.95 Å². The highest BCUT2D eigenvalue weighted by atomic mass is 16.6. The minimum Gasteiger partial charge on any atom is -0.376 e. The Hall–Kier alpha value is -2.05. The number of rotatable bonds is 2. The number of nitrogen functional groups attached to an aromatic ring is 1. The maximum atomic E-state index is 5.74. The molecule has 1 aromatic heterocycles. The summed E-state index contributed by atoms with van der Waals surface area (Å²) in [5, 5.41) is 0. The van der Waals surface area contributed by atoms with Crippen LogP contribution < -0.4 is 5.73 Å². The molecule has 0 saturated carbocycles. The quantitative estimate of drug-likeness (QED) is 0.871. The van der Waals surface area contributed by atoms with Crippen LogP contribution in [0.2, 0.25) is 0 Å². The monoisotopic (exact) mass is 258 g/mol. The van der Waals surface area contributed by atoms with E-state index in [9.17, 15) is 0 Å². The molecule has 2 heterocycles. The van der Waals surface area contributed by atoms with Gasteiger partial charge in [0.25, 0.3) is 0 Å². The lowest BCUT2D eigenvalue weighted by Crippen LogP contribution is -2.24. The third-order valence-corrected chi connectivity index (χ3v) is 2.81. The van der Waals surface area contributed by atoms with E-state index in [1.54, 1.807) is 0 Å². The second-order valence-electron chi connectivity index (χ2n) is 4.18. The summed E-state index contributed by atoms with van der Waals surface area (Å²) in [6.45, 7) is 1.58. The summed E-state index contributed by atoms with van der Waals surface area (Å²) in [5.74, 6) is 1.27. The highest BCUT2D eigenvalue weighted by Crippen LogP contribution is 2.21. The zero-order chi connectivity index (χ0) is 13.1. The molecule has 0 spiro atoms. The van der Waals surface area contributed by atoms with E-state index < -0.39 is 0 Å². The Bertz CT molecular complexity index is 556. The zero-order valence-electron chi connectivity index (χ0n) is 10.3. The summed E-state index contributed by atoms with van der Waals surface area (Å²) in [6, 6.07) is 9.64. The van der Waals surface area contributed by atoms with E-state index in [1.807, 2.05) is 30.3 Å². The van der Waals surface area contributed by atoms with Gasteiger partial charge in [-0.25, -0.2) is 4.98 Å². The SMILES string of the molecule is Nc1nc(-c2ccccc2)nc(C2COCCO2)n1. The molecule has 6 nitrogen and oxygen atoms in total. The smallest absolute Gasteiger partial charge is 0.223 e. The van der Waals surface area contributed by atoms with Gasteiger partial charge in [0.1, 0.15) is 6.10 Å². The van der Waals surface area contributed by atoms with Crippen molar-refractivity contribution in [3.05, 3.63) is 36.2 Å². The fraction of sp³-hybridized carbons (Fsp3) is 0.308. The molecule has 1 fully saturated rings. The van der Waals surface area contributed by atoms with Gasteiger partial charge in [-0.2, -0.15) is 9.97 Å². The van der Waals surface area contributed by atoms with Crippen molar-refractivity contribution in [3.8, 4) is 11.4 Å². The van der Waals surface area contributed by atoms with Crippen molar-refractivity contribution in [1.82, 2.24) is 15.0 Å². The standard InChI is InChI=1S/C13H14N4O2/c14-13-16-11(9-4-2-1-3-5-9)15-12(17-13)10-8-18-6-7-19-10/h1-5,10H,6-8H2,(H2,14,15,16,17). The van der Waals surface area contributed by atoms with Crippen molar-refractivity contribution in [2.24, 2.45) is 0 Å². The molecule has 98 valence electrons. The first kappa shape index (κ1) is 12.0. The molecule has 0 aliphatic carbocycles. The fourth-order valence-corrected chi connectivity index (χ4v) is 1.91. The molecule has 2 N–H and O–H groups in total. The lowest BCUT2D eigenvalue weighted by Gasteiger charge is -2.21. The van der Waals surface area contributed by atoms with E-state index in [4.69, 9.17) is 15.2 Å². The van der Waals surface area contributed by atoms with Crippen molar-refractivity contribution in [1.29, 1.82) is 0 Å². The molecule has 0 amide bonds. The van der Waals surface area contributed by atoms with Crippen molar-refractivity contribution in [2.75, 3.05) is 25.6 Å². The maximum absolute atomic E-state index is 5.74. The van der Waals surface area contributed by atoms with Gasteiger partial charge in [-0.15, -0.1) is 0 Å². The van der Waals surface area contributed by atoms with Crippen LogP contribution in [0, 0.1) is 0 Å². The predicted molar refractivity (Wildman–Crippen MR) is 69.2 cm³/mol. The summed E-state index contributed by atoms with van der Waals surface area (Å²) in [6.07, 6.45) is -0.276. The Balaban J connectivity index is 1.96. The van der Waals surface area contributed by atoms with E-state index in [0.29, 0.717) is 31.5 Å². The van der Waals surface area contributed by atoms with Crippen LogP contribution in [-0.4, -0.2) is 34.8 Å². The van der Waals surface area contributed by atoms with Gasteiger partial charge in [0.15, 0.2) is 11.6 Å². The summed E-state index contributed by atoms with van der Waals surface area (Å²) in [4.78, 5) is 12.7. The predicted octanol–water partition coefficient (Wildman–Crippen LogP) is 1.21. The number of hydrogen-bond acceptors (Lipinski definition) is 6. The highest BCUT2D eigenvalue weighted by Gasteiger charge is 2.21. The van der Waals surface area contributed by atoms with Gasteiger partial charge in [-0.3, -0.25) is 0 Å². The van der Waals surface area contributed by atoms with Crippen LogP contribution in [0.15, 0.2) is 30.3 Å². The Morgan fingerprint density at radius 1 is 1.05 bits per heavy atom. The molecule has 1 aromatic carbocycles. The second-order valence-corrected chi connectivity index (χ2v) is 4.18. The van der Waals surface area contributed by atoms with Crippen LogP contribution in [0.5, 0.6) is 0 Å². The van der Waals surface area contributed by atoms with Crippen molar-refractivity contribution in [2.45, 2.75) is 6.10 Å². The molecule has 1 aliphatic heterocycles. The number of ether oxygens (including phenoxy) is 2. The number of nitrogens with zero attached hydrogens (tertiary/aromatic N) is 3. The lowest BCUT2D eigenvalue weighted by atomic mass is 10.2. The molecule has 2 aromatic rings. The Morgan fingerprint density at radius 2 is 1.89 bits per heavy atom. The summed E-state index contributed by atoms with van der Waals surface area (Å²) < 4.78 is 10.9. The van der Waals surface area contributed by atoms with Gasteiger partial charge in [0, 0.05) is 5.56 Å². The van der Waals surface area contributed by atoms with E-state index in [2.05, 4.69) is 15.0 Å². The minimum atomic E-state index is -0.276. The molecule has 19 heavy (non-hydrogen) atoms. The Morgan fingerprint density at radius 3 is 2.63 bits per heavy atom. The molecule has 3 rings (SSSR count). The number of anilines is 1. The van der Waals surface area contributed by atoms with Gasteiger partial charge in [-0.05, 0) is 0 Å². The van der Waals surface area contributed by atoms with Gasteiger partial charge in [0.2, 0.25) is 5.95 Å². The topological polar surface area (TPSA) is 83.2 Å². The average molecular weight is 258 g/mol. The first-order valence-corrected chi connectivity index (χ1v) is 6.09. The highest BCUT2D eigenvalue weighted by molar-refractivity contribution is 5.55. The van der Waals surface area contributed by atoms with E-state index in [0.717, 1.165) is 5.56 Å². The number of benzene rings is 1. The molecule has 1 saturated heterocycles. The average Bonchev–Trinajstić information content (AvgIpc) is 2.48. The number of aromatic nitrogens is 3. The molecular formula is C13H14N4O2. The van der Waals surface area contributed by atoms with Crippen LogP contribution in [0.1, 0.15) is 11.9 Å². The van der Waals surface area contributed by atoms with Crippen LogP contribution in [-0.2, 0) is 9.47 Å². The first-order chi connectivity index (χ1) is 9.33. The van der Waals surface area contributed by atoms with Crippen molar-refractivity contribution < 1.29 is 9.47 Å². The van der Waals surface area contributed by atoms with Crippen LogP contribution in [0.3, 0.4) is 0 Å². The van der Waals surface area contributed by atoms with Crippen molar-refractivity contribution in [3.63, 3.8) is 0 Å². The van der Waals surface area contributed by atoms with Crippen molar-refractivity contribution >= 4 is 5.95 Å². The molecule has 6 heteroatoms. The lowest BCUT2D eigenvalue weighted by molar-refractivity contribution is -0.0934. The number of hydrogen-bond donors (Lipinski definition) is 1. The molecular weight excluding hydrogens is 244 g/mol. The zero-order valence-corrected chi connectivity index (χ0v) is 10.3. The van der Waals surface area contributed by atoms with Gasteiger partial charge < -0.3 is 15.2 Å². The Kier molecular flexibility index (Phi) is 3.35. The summed E-state index contributed by atoms with van der Waals surface area (Å²) in [7, 11) is 0. The summed E-state index contributed by atoms with van der Waals surface area (Å²) >= 11 is 0. The molecule has 0 bridgehead atoms. The fourth-order valence-electron chi connectivity index (χ4n) is 1.91. The van der Waals surface area contributed by atoms with Crippen LogP contribution in [0.25, 0.3) is 11.4 Å². The van der Waals surface area contributed by atoms with Gasteiger partial charge in [0.05, 0.1) is 19.8 Å². The van der Waals surface area contributed by atoms with Gasteiger partial charge >= 0.3 is 0 Å². The van der Waals surface area contributed by atoms with Crippen LogP contribution >= 0.6 is 0 Å². The van der Waals surface area contributed by atoms with E-state index in [-0.39, 0.29) is 12.1 Å². The third-order valence-electron chi connectivity index (χ3n) is 2.81. The molecule has 1 unspecified atom stereocenters. The second kappa shape index (κ2) is 5.29. The molecule has 1 atom stereocenters. The first-order valence-electron chi connectivity index (χ1n) is 6.09. The normalized spacial score (nSPS) is 19.3. The molecule has 1 aliphatic rings.